The molecule has 3 heterocycles. The van der Waals surface area contributed by atoms with E-state index in [4.69, 9.17) is 21.1 Å². The third-order valence-electron chi connectivity index (χ3n) is 4.28. The first-order chi connectivity index (χ1) is 11.8. The Hall–Kier alpha value is -1.76. The number of nitrogens with zero attached hydrogens (tertiary/aromatic N) is 4. The van der Waals surface area contributed by atoms with Crippen LogP contribution in [0.3, 0.4) is 0 Å². The van der Waals surface area contributed by atoms with Crippen LogP contribution in [0.25, 0.3) is 0 Å². The minimum Gasteiger partial charge on any atom is -0.484 e. The number of anilines is 2. The SMILES string of the molecule is CCC1COc2c(N3CCCC3)nc(Cl)nc2N1C(=O)OC(C)(C)C. The lowest BCUT2D eigenvalue weighted by Crippen LogP contribution is -2.49. The van der Waals surface area contributed by atoms with Crippen LogP contribution in [-0.2, 0) is 4.74 Å². The van der Waals surface area contributed by atoms with Crippen molar-refractivity contribution < 1.29 is 14.3 Å². The van der Waals surface area contributed by atoms with Gasteiger partial charge in [-0.05, 0) is 51.6 Å². The molecule has 2 aliphatic rings. The molecule has 0 bridgehead atoms. The highest BCUT2D eigenvalue weighted by atomic mass is 35.5. The summed E-state index contributed by atoms with van der Waals surface area (Å²) < 4.78 is 11.5. The molecule has 1 aromatic rings. The molecule has 3 rings (SSSR count). The summed E-state index contributed by atoms with van der Waals surface area (Å²) in [6, 6.07) is -0.153. The number of hydrogen-bond acceptors (Lipinski definition) is 6. The van der Waals surface area contributed by atoms with Gasteiger partial charge in [0.2, 0.25) is 11.0 Å². The van der Waals surface area contributed by atoms with Crippen molar-refractivity contribution in [3.63, 3.8) is 0 Å². The molecule has 138 valence electrons. The van der Waals surface area contributed by atoms with E-state index in [-0.39, 0.29) is 11.3 Å². The van der Waals surface area contributed by atoms with E-state index < -0.39 is 11.7 Å². The quantitative estimate of drug-likeness (QED) is 0.742. The molecule has 25 heavy (non-hydrogen) atoms. The highest BCUT2D eigenvalue weighted by molar-refractivity contribution is 6.28. The zero-order valence-electron chi connectivity index (χ0n) is 15.2. The van der Waals surface area contributed by atoms with Crippen molar-refractivity contribution in [2.24, 2.45) is 0 Å². The van der Waals surface area contributed by atoms with Gasteiger partial charge >= 0.3 is 6.09 Å². The minimum atomic E-state index is -0.595. The summed E-state index contributed by atoms with van der Waals surface area (Å²) in [5.41, 5.74) is -0.595. The maximum atomic E-state index is 12.8. The Balaban J connectivity index is 2.03. The molecule has 1 aromatic heterocycles. The second-order valence-corrected chi connectivity index (χ2v) is 7.72. The summed E-state index contributed by atoms with van der Waals surface area (Å²) >= 11 is 6.17. The summed E-state index contributed by atoms with van der Waals surface area (Å²) in [6.07, 6.45) is 2.48. The summed E-state index contributed by atoms with van der Waals surface area (Å²) in [6.45, 7) is 9.70. The summed E-state index contributed by atoms with van der Waals surface area (Å²) in [7, 11) is 0. The van der Waals surface area contributed by atoms with Crippen LogP contribution in [0, 0.1) is 0 Å². The van der Waals surface area contributed by atoms with E-state index in [0.29, 0.717) is 24.0 Å². The molecule has 0 aliphatic carbocycles. The molecular formula is C17H25ClN4O3. The van der Waals surface area contributed by atoms with Gasteiger partial charge in [-0.2, -0.15) is 9.97 Å². The van der Waals surface area contributed by atoms with Crippen molar-refractivity contribution in [2.45, 2.75) is 58.6 Å². The molecule has 1 atom stereocenters. The van der Waals surface area contributed by atoms with Crippen LogP contribution in [0.5, 0.6) is 5.75 Å². The standard InChI is InChI=1S/C17H25ClN4O3/c1-5-11-10-24-12-13(21-8-6-7-9-21)19-15(18)20-14(12)22(11)16(23)25-17(2,3)4/h11H,5-10H2,1-4H3. The van der Waals surface area contributed by atoms with Gasteiger partial charge in [0.1, 0.15) is 12.2 Å². The van der Waals surface area contributed by atoms with Gasteiger partial charge in [-0.25, -0.2) is 4.79 Å². The van der Waals surface area contributed by atoms with Crippen molar-refractivity contribution in [1.82, 2.24) is 9.97 Å². The zero-order chi connectivity index (χ0) is 18.2. The number of rotatable bonds is 2. The van der Waals surface area contributed by atoms with Gasteiger partial charge in [-0.1, -0.05) is 6.92 Å². The Bertz CT molecular complexity index is 656. The van der Waals surface area contributed by atoms with Crippen LogP contribution in [0.1, 0.15) is 47.0 Å². The van der Waals surface area contributed by atoms with E-state index in [1.165, 1.54) is 0 Å². The first kappa shape index (κ1) is 18.0. The third kappa shape index (κ3) is 3.76. The maximum Gasteiger partial charge on any atom is 0.416 e. The fraction of sp³-hybridized carbons (Fsp3) is 0.706. The molecule has 1 fully saturated rings. The normalized spacial score (nSPS) is 20.3. The van der Waals surface area contributed by atoms with Crippen molar-refractivity contribution in [3.05, 3.63) is 5.28 Å². The number of carbonyl (C=O) groups excluding carboxylic acids is 1. The smallest absolute Gasteiger partial charge is 0.416 e. The molecule has 7 nitrogen and oxygen atoms in total. The molecule has 1 unspecified atom stereocenters. The van der Waals surface area contributed by atoms with Crippen molar-refractivity contribution in [3.8, 4) is 5.75 Å². The highest BCUT2D eigenvalue weighted by Crippen LogP contribution is 2.42. The summed E-state index contributed by atoms with van der Waals surface area (Å²) in [5.74, 6) is 1.58. The number of fused-ring (bicyclic) bond motifs is 1. The highest BCUT2D eigenvalue weighted by Gasteiger charge is 2.38. The van der Waals surface area contributed by atoms with Crippen LogP contribution in [-0.4, -0.2) is 47.4 Å². The molecule has 2 aliphatic heterocycles. The molecule has 0 N–H and O–H groups in total. The number of hydrogen-bond donors (Lipinski definition) is 0. The van der Waals surface area contributed by atoms with Gasteiger partial charge < -0.3 is 14.4 Å². The lowest BCUT2D eigenvalue weighted by Gasteiger charge is -2.37. The zero-order valence-corrected chi connectivity index (χ0v) is 16.0. The Labute approximate surface area is 153 Å². The van der Waals surface area contributed by atoms with Crippen LogP contribution in [0.2, 0.25) is 5.28 Å². The van der Waals surface area contributed by atoms with Gasteiger partial charge in [-0.3, -0.25) is 4.90 Å². The van der Waals surface area contributed by atoms with Gasteiger partial charge in [0.15, 0.2) is 11.6 Å². The van der Waals surface area contributed by atoms with Crippen molar-refractivity contribution in [1.29, 1.82) is 0 Å². The van der Waals surface area contributed by atoms with E-state index in [1.54, 1.807) is 4.90 Å². The Morgan fingerprint density at radius 3 is 2.52 bits per heavy atom. The number of carbonyl (C=O) groups is 1. The fourth-order valence-corrected chi connectivity index (χ4v) is 3.27. The monoisotopic (exact) mass is 368 g/mol. The van der Waals surface area contributed by atoms with Crippen LogP contribution in [0.4, 0.5) is 16.4 Å². The molecule has 1 amide bonds. The predicted octanol–water partition coefficient (Wildman–Crippen LogP) is 3.64. The first-order valence-corrected chi connectivity index (χ1v) is 9.15. The van der Waals surface area contributed by atoms with E-state index in [2.05, 4.69) is 14.9 Å². The first-order valence-electron chi connectivity index (χ1n) is 8.77. The third-order valence-corrected chi connectivity index (χ3v) is 4.45. The average Bonchev–Trinajstić information content (AvgIpc) is 3.05. The van der Waals surface area contributed by atoms with Crippen molar-refractivity contribution >= 4 is 29.3 Å². The molecule has 0 saturated carbocycles. The number of aromatic nitrogens is 2. The Morgan fingerprint density at radius 2 is 1.92 bits per heavy atom. The van der Waals surface area contributed by atoms with Crippen LogP contribution < -0.4 is 14.5 Å². The predicted molar refractivity (Wildman–Crippen MR) is 96.8 cm³/mol. The largest absolute Gasteiger partial charge is 0.484 e. The minimum absolute atomic E-state index is 0.106. The molecule has 0 radical (unpaired) electrons. The second-order valence-electron chi connectivity index (χ2n) is 7.39. The van der Waals surface area contributed by atoms with Gasteiger partial charge in [-0.15, -0.1) is 0 Å². The van der Waals surface area contributed by atoms with E-state index in [1.807, 2.05) is 27.7 Å². The molecule has 0 spiro atoms. The van der Waals surface area contributed by atoms with Crippen LogP contribution in [0.15, 0.2) is 0 Å². The lowest BCUT2D eigenvalue weighted by molar-refractivity contribution is 0.0540. The maximum absolute atomic E-state index is 12.8. The second kappa shape index (κ2) is 6.86. The van der Waals surface area contributed by atoms with Gasteiger partial charge in [0, 0.05) is 13.1 Å². The molecular weight excluding hydrogens is 344 g/mol. The Morgan fingerprint density at radius 1 is 1.28 bits per heavy atom. The van der Waals surface area contributed by atoms with Crippen LogP contribution >= 0.6 is 11.6 Å². The molecule has 0 aromatic carbocycles. The number of amides is 1. The topological polar surface area (TPSA) is 67.8 Å². The van der Waals surface area contributed by atoms with E-state index in [9.17, 15) is 4.79 Å². The number of ether oxygens (including phenoxy) is 2. The van der Waals surface area contributed by atoms with Crippen molar-refractivity contribution in [2.75, 3.05) is 29.5 Å². The van der Waals surface area contributed by atoms with Gasteiger partial charge in [0.25, 0.3) is 0 Å². The average molecular weight is 369 g/mol. The Kier molecular flexibility index (Phi) is 4.95. The summed E-state index contributed by atoms with van der Waals surface area (Å²) in [4.78, 5) is 25.2. The fourth-order valence-electron chi connectivity index (χ4n) is 3.11. The summed E-state index contributed by atoms with van der Waals surface area (Å²) in [5, 5.41) is 0.106. The van der Waals surface area contributed by atoms with E-state index >= 15 is 0 Å². The van der Waals surface area contributed by atoms with Gasteiger partial charge in [0.05, 0.1) is 6.04 Å². The lowest BCUT2D eigenvalue weighted by atomic mass is 10.1. The van der Waals surface area contributed by atoms with E-state index in [0.717, 1.165) is 32.4 Å². The number of halogens is 1. The molecule has 8 heteroatoms. The molecule has 1 saturated heterocycles.